The second-order valence-electron chi connectivity index (χ2n) is 7.04. The molecule has 2 aromatic rings. The maximum absolute atomic E-state index is 13.2. The second-order valence-corrected chi connectivity index (χ2v) is 7.44. The molecule has 2 atom stereocenters. The van der Waals surface area contributed by atoms with E-state index in [4.69, 9.17) is 11.6 Å². The van der Waals surface area contributed by atoms with Crippen LogP contribution in [0, 0.1) is 12.7 Å². The second kappa shape index (κ2) is 9.63. The minimum atomic E-state index is -4.42. The standard InChI is InChI=1S/C20H20ClF4N5O/c1-11-2-4-12(5-3-11)18(31)28-19(26-10-13-6-7-14(22)8-15(13)21)27-17-9-16(29-30-17)20(23,24)25/h2-8,16-17,29-30H,9-10H2,1H3,(H2,26,27,28,31). The van der Waals surface area contributed by atoms with Crippen molar-refractivity contribution < 1.29 is 22.4 Å². The van der Waals surface area contributed by atoms with E-state index in [0.29, 0.717) is 11.1 Å². The van der Waals surface area contributed by atoms with Gasteiger partial charge in [0.1, 0.15) is 11.9 Å². The van der Waals surface area contributed by atoms with Crippen LogP contribution >= 0.6 is 11.6 Å². The minimum Gasteiger partial charge on any atom is -0.339 e. The van der Waals surface area contributed by atoms with Gasteiger partial charge in [0.2, 0.25) is 0 Å². The zero-order chi connectivity index (χ0) is 22.6. The van der Waals surface area contributed by atoms with Crippen molar-refractivity contribution in [1.29, 1.82) is 0 Å². The minimum absolute atomic E-state index is 0.0293. The van der Waals surface area contributed by atoms with Crippen molar-refractivity contribution in [2.45, 2.75) is 38.3 Å². The lowest BCUT2D eigenvalue weighted by Gasteiger charge is -2.17. The molecule has 2 aromatic carbocycles. The van der Waals surface area contributed by atoms with Crippen LogP contribution in [0.3, 0.4) is 0 Å². The molecule has 166 valence electrons. The lowest BCUT2D eigenvalue weighted by atomic mass is 10.1. The third-order valence-corrected chi connectivity index (χ3v) is 4.93. The molecule has 1 aliphatic rings. The SMILES string of the molecule is Cc1ccc(C(=O)NC(=NCc2ccc(F)cc2Cl)NC2CC(C(F)(F)F)NN2)cc1. The third-order valence-electron chi connectivity index (χ3n) is 4.58. The van der Waals surface area contributed by atoms with Gasteiger partial charge in [-0.05, 0) is 36.8 Å². The number of nitrogens with zero attached hydrogens (tertiary/aromatic N) is 1. The van der Waals surface area contributed by atoms with E-state index in [-0.39, 0.29) is 23.9 Å². The van der Waals surface area contributed by atoms with E-state index in [1.54, 1.807) is 24.3 Å². The van der Waals surface area contributed by atoms with Crippen LogP contribution in [0.5, 0.6) is 0 Å². The number of hydrogen-bond donors (Lipinski definition) is 4. The number of carbonyl (C=O) groups is 1. The summed E-state index contributed by atoms with van der Waals surface area (Å²) < 4.78 is 52.0. The highest BCUT2D eigenvalue weighted by molar-refractivity contribution is 6.31. The first-order valence-corrected chi connectivity index (χ1v) is 9.70. The summed E-state index contributed by atoms with van der Waals surface area (Å²) in [6.07, 6.45) is -5.58. The molecule has 0 bridgehead atoms. The van der Waals surface area contributed by atoms with E-state index >= 15 is 0 Å². The summed E-state index contributed by atoms with van der Waals surface area (Å²) >= 11 is 6.00. The molecular formula is C20H20ClF4N5O. The number of guanidine groups is 1. The van der Waals surface area contributed by atoms with Crippen LogP contribution in [0.1, 0.15) is 27.9 Å². The van der Waals surface area contributed by atoms with Crippen LogP contribution in [0.25, 0.3) is 0 Å². The fourth-order valence-electron chi connectivity index (χ4n) is 2.85. The molecule has 0 radical (unpaired) electrons. The average molecular weight is 458 g/mol. The molecule has 0 aromatic heterocycles. The molecular weight excluding hydrogens is 438 g/mol. The van der Waals surface area contributed by atoms with Gasteiger partial charge >= 0.3 is 6.18 Å². The van der Waals surface area contributed by atoms with Gasteiger partial charge in [0.15, 0.2) is 5.96 Å². The Morgan fingerprint density at radius 3 is 2.52 bits per heavy atom. The normalized spacial score (nSPS) is 19.4. The molecule has 1 saturated heterocycles. The summed E-state index contributed by atoms with van der Waals surface area (Å²) in [5, 5.41) is 5.47. The predicted molar refractivity (Wildman–Crippen MR) is 109 cm³/mol. The summed E-state index contributed by atoms with van der Waals surface area (Å²) in [6.45, 7) is 1.84. The first-order chi connectivity index (χ1) is 14.6. The summed E-state index contributed by atoms with van der Waals surface area (Å²) in [7, 11) is 0. The van der Waals surface area contributed by atoms with Gasteiger partial charge in [-0.2, -0.15) is 13.2 Å². The predicted octanol–water partition coefficient (Wildman–Crippen LogP) is 3.42. The van der Waals surface area contributed by atoms with Crippen molar-refractivity contribution in [3.63, 3.8) is 0 Å². The highest BCUT2D eigenvalue weighted by Crippen LogP contribution is 2.25. The monoisotopic (exact) mass is 457 g/mol. The van der Waals surface area contributed by atoms with Gasteiger partial charge in [0, 0.05) is 17.0 Å². The highest BCUT2D eigenvalue weighted by atomic mass is 35.5. The van der Waals surface area contributed by atoms with Crippen LogP contribution in [-0.4, -0.2) is 30.3 Å². The largest absolute Gasteiger partial charge is 0.405 e. The molecule has 2 unspecified atom stereocenters. The summed E-state index contributed by atoms with van der Waals surface area (Å²) in [5.74, 6) is -1.05. The zero-order valence-corrected chi connectivity index (χ0v) is 17.1. The number of nitrogens with one attached hydrogen (secondary N) is 4. The van der Waals surface area contributed by atoms with E-state index < -0.39 is 30.1 Å². The molecule has 6 nitrogen and oxygen atoms in total. The molecule has 1 aliphatic heterocycles. The lowest BCUT2D eigenvalue weighted by Crippen LogP contribution is -2.50. The van der Waals surface area contributed by atoms with Crippen molar-refractivity contribution in [1.82, 2.24) is 21.5 Å². The topological polar surface area (TPSA) is 77.5 Å². The Hall–Kier alpha value is -2.69. The number of rotatable bonds is 4. The number of hydrogen-bond acceptors (Lipinski definition) is 4. The van der Waals surface area contributed by atoms with Gasteiger partial charge in [-0.15, -0.1) is 0 Å². The Morgan fingerprint density at radius 2 is 1.90 bits per heavy atom. The molecule has 0 saturated carbocycles. The van der Waals surface area contributed by atoms with Crippen LogP contribution in [-0.2, 0) is 6.54 Å². The molecule has 4 N–H and O–H groups in total. The third kappa shape index (κ3) is 6.39. The van der Waals surface area contributed by atoms with E-state index in [0.717, 1.165) is 11.6 Å². The highest BCUT2D eigenvalue weighted by Gasteiger charge is 2.44. The maximum Gasteiger partial charge on any atom is 0.405 e. The first kappa shape index (κ1) is 23.0. The number of hydrazine groups is 1. The quantitative estimate of drug-likeness (QED) is 0.322. The van der Waals surface area contributed by atoms with Gasteiger partial charge in [0.05, 0.1) is 12.7 Å². The number of amides is 1. The Morgan fingerprint density at radius 1 is 1.19 bits per heavy atom. The number of aliphatic imine (C=N–C) groups is 1. The van der Waals surface area contributed by atoms with Crippen molar-refractivity contribution >= 4 is 23.5 Å². The number of alkyl halides is 3. The van der Waals surface area contributed by atoms with Gasteiger partial charge < -0.3 is 5.32 Å². The molecule has 1 fully saturated rings. The molecule has 3 rings (SSSR count). The van der Waals surface area contributed by atoms with E-state index in [1.807, 2.05) is 6.92 Å². The van der Waals surface area contributed by atoms with Crippen molar-refractivity contribution in [2.24, 2.45) is 4.99 Å². The smallest absolute Gasteiger partial charge is 0.339 e. The fraction of sp³-hybridized carbons (Fsp3) is 0.300. The Labute approximate surface area is 181 Å². The average Bonchev–Trinajstić information content (AvgIpc) is 3.16. The Balaban J connectivity index is 1.76. The number of carbonyl (C=O) groups excluding carboxylic acids is 1. The first-order valence-electron chi connectivity index (χ1n) is 9.32. The van der Waals surface area contributed by atoms with Crippen LogP contribution in [0.2, 0.25) is 5.02 Å². The van der Waals surface area contributed by atoms with Gasteiger partial charge in [-0.1, -0.05) is 35.4 Å². The Bertz CT molecular complexity index is 965. The zero-order valence-electron chi connectivity index (χ0n) is 16.4. The molecule has 0 spiro atoms. The van der Waals surface area contributed by atoms with E-state index in [2.05, 4.69) is 26.5 Å². The van der Waals surface area contributed by atoms with Crippen LogP contribution < -0.4 is 21.5 Å². The molecule has 1 heterocycles. The van der Waals surface area contributed by atoms with Gasteiger partial charge in [-0.3, -0.25) is 10.1 Å². The van der Waals surface area contributed by atoms with E-state index in [1.165, 1.54) is 12.1 Å². The Kier molecular flexibility index (Phi) is 7.14. The van der Waals surface area contributed by atoms with Gasteiger partial charge in [0.25, 0.3) is 5.91 Å². The number of benzene rings is 2. The summed E-state index contributed by atoms with van der Waals surface area (Å²) in [4.78, 5) is 16.8. The van der Waals surface area contributed by atoms with Crippen LogP contribution in [0.4, 0.5) is 17.6 Å². The number of aryl methyl sites for hydroxylation is 1. The summed E-state index contributed by atoms with van der Waals surface area (Å²) in [6, 6.07) is 8.79. The molecule has 1 amide bonds. The maximum atomic E-state index is 13.2. The summed E-state index contributed by atoms with van der Waals surface area (Å²) in [5.41, 5.74) is 6.46. The van der Waals surface area contributed by atoms with Crippen molar-refractivity contribution in [3.8, 4) is 0 Å². The molecule has 0 aliphatic carbocycles. The lowest BCUT2D eigenvalue weighted by molar-refractivity contribution is -0.153. The number of halogens is 5. The van der Waals surface area contributed by atoms with Crippen molar-refractivity contribution in [2.75, 3.05) is 0 Å². The fourth-order valence-corrected chi connectivity index (χ4v) is 3.08. The van der Waals surface area contributed by atoms with Crippen molar-refractivity contribution in [3.05, 3.63) is 70.0 Å². The van der Waals surface area contributed by atoms with E-state index in [9.17, 15) is 22.4 Å². The molecule has 11 heteroatoms. The van der Waals surface area contributed by atoms with Crippen LogP contribution in [0.15, 0.2) is 47.5 Å². The van der Waals surface area contributed by atoms with Gasteiger partial charge in [-0.25, -0.2) is 20.2 Å². The molecule has 31 heavy (non-hydrogen) atoms.